The molecule has 0 aromatic heterocycles. The minimum atomic E-state index is -0.795. The van der Waals surface area contributed by atoms with Gasteiger partial charge in [-0.15, -0.1) is 0 Å². The normalized spacial score (nSPS) is 12.8. The molecule has 0 spiro atoms. The highest BCUT2D eigenvalue weighted by atomic mass is 16.6. The second-order valence-electron chi connectivity index (χ2n) is 16.3. The van der Waals surface area contributed by atoms with Crippen LogP contribution in [0.25, 0.3) is 0 Å². The molecule has 0 aliphatic rings. The van der Waals surface area contributed by atoms with Crippen molar-refractivity contribution >= 4 is 17.9 Å². The van der Waals surface area contributed by atoms with E-state index in [-0.39, 0.29) is 31.1 Å². The highest BCUT2D eigenvalue weighted by Crippen LogP contribution is 2.13. The lowest BCUT2D eigenvalue weighted by molar-refractivity contribution is -0.167. The third-order valence-electron chi connectivity index (χ3n) is 10.4. The van der Waals surface area contributed by atoms with E-state index in [4.69, 9.17) is 14.2 Å². The number of hydrogen-bond acceptors (Lipinski definition) is 6. The van der Waals surface area contributed by atoms with Crippen molar-refractivity contribution in [1.29, 1.82) is 0 Å². The number of ether oxygens (including phenoxy) is 3. The lowest BCUT2D eigenvalue weighted by Crippen LogP contribution is -2.30. The first-order chi connectivity index (χ1) is 30.0. The van der Waals surface area contributed by atoms with Crippen molar-refractivity contribution in [1.82, 2.24) is 0 Å². The van der Waals surface area contributed by atoms with Crippen molar-refractivity contribution in [3.8, 4) is 0 Å². The molecule has 0 saturated carbocycles. The molecule has 61 heavy (non-hydrogen) atoms. The van der Waals surface area contributed by atoms with Gasteiger partial charge in [0.05, 0.1) is 0 Å². The monoisotopic (exact) mass is 849 g/mol. The van der Waals surface area contributed by atoms with Crippen LogP contribution in [0.1, 0.15) is 226 Å². The third-order valence-corrected chi connectivity index (χ3v) is 10.4. The van der Waals surface area contributed by atoms with E-state index in [1.807, 2.05) is 0 Å². The van der Waals surface area contributed by atoms with Crippen LogP contribution in [-0.2, 0) is 28.6 Å². The van der Waals surface area contributed by atoms with Gasteiger partial charge in [0, 0.05) is 19.3 Å². The van der Waals surface area contributed by atoms with Crippen LogP contribution in [0.3, 0.4) is 0 Å². The van der Waals surface area contributed by atoms with E-state index in [9.17, 15) is 14.4 Å². The van der Waals surface area contributed by atoms with Crippen molar-refractivity contribution in [2.45, 2.75) is 232 Å². The van der Waals surface area contributed by atoms with E-state index < -0.39 is 6.10 Å². The minimum Gasteiger partial charge on any atom is -0.462 e. The average molecular weight is 849 g/mol. The summed E-state index contributed by atoms with van der Waals surface area (Å²) in [5, 5.41) is 0. The molecule has 0 saturated heterocycles. The molecule has 6 nitrogen and oxygen atoms in total. The fourth-order valence-corrected chi connectivity index (χ4v) is 6.60. The number of rotatable bonds is 44. The number of carbonyl (C=O) groups excluding carboxylic acids is 3. The van der Waals surface area contributed by atoms with Gasteiger partial charge in [-0.25, -0.2) is 0 Å². The summed E-state index contributed by atoms with van der Waals surface area (Å²) in [6.45, 7) is 6.42. The zero-order valence-corrected chi connectivity index (χ0v) is 39.7. The van der Waals surface area contributed by atoms with Gasteiger partial charge in [0.1, 0.15) is 13.2 Å². The van der Waals surface area contributed by atoms with Crippen LogP contribution in [0.4, 0.5) is 0 Å². The molecular weight excluding hydrogens is 757 g/mol. The lowest BCUT2D eigenvalue weighted by atomic mass is 10.1. The lowest BCUT2D eigenvalue weighted by Gasteiger charge is -2.18. The topological polar surface area (TPSA) is 78.9 Å². The summed E-state index contributed by atoms with van der Waals surface area (Å²) in [5.41, 5.74) is 0. The highest BCUT2D eigenvalue weighted by molar-refractivity contribution is 5.71. The molecule has 0 aromatic carbocycles. The average Bonchev–Trinajstić information content (AvgIpc) is 3.26. The number of allylic oxidation sites excluding steroid dienone is 14. The SMILES string of the molecule is CC/C=C\C/C=C\C/C=C\C/C=C\C/C=C\CCCCCC(=O)OCC(COC(=O)CCCCCCCCCCCC)OC(=O)CCCCCCC/C=C\C/C=C\CCCC. The predicted octanol–water partition coefficient (Wildman–Crippen LogP) is 16.4. The van der Waals surface area contributed by atoms with Crippen LogP contribution in [0.15, 0.2) is 85.1 Å². The highest BCUT2D eigenvalue weighted by Gasteiger charge is 2.19. The summed E-state index contributed by atoms with van der Waals surface area (Å²) in [6, 6.07) is 0. The Kier molecular flexibility index (Phi) is 46.5. The first-order valence-electron chi connectivity index (χ1n) is 25.1. The quantitative estimate of drug-likeness (QED) is 0.0263. The van der Waals surface area contributed by atoms with Gasteiger partial charge in [-0.1, -0.05) is 202 Å². The molecule has 348 valence electrons. The summed E-state index contributed by atoms with van der Waals surface area (Å²) in [4.78, 5) is 37.9. The van der Waals surface area contributed by atoms with Crippen LogP contribution >= 0.6 is 0 Å². The predicted molar refractivity (Wildman–Crippen MR) is 261 cm³/mol. The number of unbranched alkanes of at least 4 members (excludes halogenated alkanes) is 19. The molecule has 6 heteroatoms. The second-order valence-corrected chi connectivity index (χ2v) is 16.3. The Morgan fingerprint density at radius 1 is 0.344 bits per heavy atom. The fourth-order valence-electron chi connectivity index (χ4n) is 6.60. The van der Waals surface area contributed by atoms with Gasteiger partial charge < -0.3 is 14.2 Å². The molecule has 1 unspecified atom stereocenters. The number of hydrogen-bond donors (Lipinski definition) is 0. The molecule has 1 atom stereocenters. The smallest absolute Gasteiger partial charge is 0.306 e. The molecular formula is C55H92O6. The zero-order chi connectivity index (χ0) is 44.4. The summed E-state index contributed by atoms with van der Waals surface area (Å²) in [7, 11) is 0. The van der Waals surface area contributed by atoms with Crippen LogP contribution in [0.5, 0.6) is 0 Å². The Balaban J connectivity index is 4.44. The van der Waals surface area contributed by atoms with Crippen LogP contribution in [0.2, 0.25) is 0 Å². The maximum atomic E-state index is 12.8. The summed E-state index contributed by atoms with van der Waals surface area (Å²) < 4.78 is 16.7. The molecule has 0 bridgehead atoms. The maximum Gasteiger partial charge on any atom is 0.306 e. The van der Waals surface area contributed by atoms with Crippen molar-refractivity contribution in [3.05, 3.63) is 85.1 Å². The molecule has 0 aromatic rings. The minimum absolute atomic E-state index is 0.0924. The van der Waals surface area contributed by atoms with Gasteiger partial charge >= 0.3 is 17.9 Å². The molecule has 0 aliphatic heterocycles. The van der Waals surface area contributed by atoms with Crippen molar-refractivity contribution < 1.29 is 28.6 Å². The van der Waals surface area contributed by atoms with E-state index in [0.717, 1.165) is 122 Å². The van der Waals surface area contributed by atoms with Crippen molar-refractivity contribution in [2.24, 2.45) is 0 Å². The number of esters is 3. The Bertz CT molecular complexity index is 1200. The standard InChI is InChI=1S/C55H92O6/c1-4-7-10-13-16-19-22-24-26-27-28-29-30-32-33-36-39-42-45-48-54(57)60-51-52(50-59-53(56)47-44-41-38-35-21-18-15-12-9-6-3)61-55(58)49-46-43-40-37-34-31-25-23-20-17-14-11-8-5-2/h7,10,14,16-17,19,23-26,28-29,32-33,52H,4-6,8-9,11-13,15,18,20-22,27,30-31,34-51H2,1-3H3/b10-7-,17-14-,19-16-,25-23-,26-24-,29-28-,33-32-. The zero-order valence-electron chi connectivity index (χ0n) is 39.7. The van der Waals surface area contributed by atoms with Gasteiger partial charge in [0.15, 0.2) is 6.10 Å². The molecule has 0 heterocycles. The maximum absolute atomic E-state index is 12.8. The third kappa shape index (κ3) is 47.5. The Morgan fingerprint density at radius 3 is 1.07 bits per heavy atom. The molecule has 0 radical (unpaired) electrons. The van der Waals surface area contributed by atoms with Crippen molar-refractivity contribution in [3.63, 3.8) is 0 Å². The van der Waals surface area contributed by atoms with Gasteiger partial charge in [-0.2, -0.15) is 0 Å². The Morgan fingerprint density at radius 2 is 0.656 bits per heavy atom. The molecule has 0 amide bonds. The molecule has 0 fully saturated rings. The second kappa shape index (κ2) is 49.2. The Hall–Kier alpha value is -3.41. The summed E-state index contributed by atoms with van der Waals surface area (Å²) in [6.07, 6.45) is 62.8. The Labute approximate surface area is 375 Å². The van der Waals surface area contributed by atoms with Gasteiger partial charge in [0.25, 0.3) is 0 Å². The first-order valence-corrected chi connectivity index (χ1v) is 25.1. The summed E-state index contributed by atoms with van der Waals surface area (Å²) >= 11 is 0. The van der Waals surface area contributed by atoms with E-state index in [1.165, 1.54) is 64.2 Å². The number of carbonyl (C=O) groups is 3. The molecule has 0 aliphatic carbocycles. The van der Waals surface area contributed by atoms with Gasteiger partial charge in [0.2, 0.25) is 0 Å². The van der Waals surface area contributed by atoms with Gasteiger partial charge in [-0.05, 0) is 89.9 Å². The fraction of sp³-hybridized carbons (Fsp3) is 0.691. The van der Waals surface area contributed by atoms with Crippen molar-refractivity contribution in [2.75, 3.05) is 13.2 Å². The van der Waals surface area contributed by atoms with Crippen LogP contribution in [0, 0.1) is 0 Å². The largest absolute Gasteiger partial charge is 0.462 e. The van der Waals surface area contributed by atoms with E-state index >= 15 is 0 Å². The van der Waals surface area contributed by atoms with E-state index in [2.05, 4.69) is 106 Å². The van der Waals surface area contributed by atoms with E-state index in [1.54, 1.807) is 0 Å². The van der Waals surface area contributed by atoms with Crippen LogP contribution in [-0.4, -0.2) is 37.2 Å². The first kappa shape index (κ1) is 57.6. The molecule has 0 rings (SSSR count). The van der Waals surface area contributed by atoms with Gasteiger partial charge in [-0.3, -0.25) is 14.4 Å². The molecule has 0 N–H and O–H groups in total. The van der Waals surface area contributed by atoms with Crippen LogP contribution < -0.4 is 0 Å². The van der Waals surface area contributed by atoms with E-state index in [0.29, 0.717) is 19.3 Å². The summed E-state index contributed by atoms with van der Waals surface area (Å²) in [5.74, 6) is -0.944.